The van der Waals surface area contributed by atoms with Crippen LogP contribution in [0.2, 0.25) is 0 Å². The van der Waals surface area contributed by atoms with Crippen LogP contribution in [0.4, 0.5) is 0 Å². The molecular weight excluding hydrogens is 618 g/mol. The summed E-state index contributed by atoms with van der Waals surface area (Å²) in [6.45, 7) is 2.10. The molecule has 3 amide bonds. The Labute approximate surface area is 278 Å². The molecule has 0 bridgehead atoms. The predicted molar refractivity (Wildman–Crippen MR) is 172 cm³/mol. The molecule has 0 radical (unpaired) electrons. The van der Waals surface area contributed by atoms with E-state index in [0.717, 1.165) is 57.8 Å². The van der Waals surface area contributed by atoms with Crippen molar-refractivity contribution in [1.82, 2.24) is 16.0 Å². The lowest BCUT2D eigenvalue weighted by Crippen LogP contribution is -2.42. The molecule has 0 aromatic carbocycles. The number of esters is 1. The van der Waals surface area contributed by atoms with Crippen LogP contribution in [-0.2, 0) is 52.5 Å². The first kappa shape index (κ1) is 43.9. The third kappa shape index (κ3) is 31.2. The molecule has 0 aliphatic heterocycles. The van der Waals surface area contributed by atoms with Gasteiger partial charge < -0.3 is 49.5 Å². The number of carbonyl (C=O) groups is 6. The quantitative estimate of drug-likeness (QED) is 0.0437. The molecule has 0 unspecified atom stereocenters. The van der Waals surface area contributed by atoms with Gasteiger partial charge in [0.2, 0.25) is 17.7 Å². The van der Waals surface area contributed by atoms with E-state index < -0.39 is 18.0 Å². The molecular formula is C32H57N3O12. The van der Waals surface area contributed by atoms with Gasteiger partial charge in [0.15, 0.2) is 0 Å². The summed E-state index contributed by atoms with van der Waals surface area (Å²) in [5.74, 6) is -2.17. The van der Waals surface area contributed by atoms with Crippen molar-refractivity contribution in [2.75, 3.05) is 73.1 Å². The lowest BCUT2D eigenvalue weighted by atomic mass is 10.0. The summed E-state index contributed by atoms with van der Waals surface area (Å²) in [7, 11) is 1.24. The number of ether oxygens (including phenoxy) is 5. The molecule has 0 spiro atoms. The molecule has 0 saturated heterocycles. The molecule has 0 aromatic rings. The van der Waals surface area contributed by atoms with E-state index in [2.05, 4.69) is 16.0 Å². The van der Waals surface area contributed by atoms with E-state index in [1.807, 2.05) is 0 Å². The minimum absolute atomic E-state index is 0.0246. The van der Waals surface area contributed by atoms with Crippen molar-refractivity contribution in [1.29, 1.82) is 0 Å². The van der Waals surface area contributed by atoms with Crippen molar-refractivity contribution in [3.05, 3.63) is 0 Å². The fraction of sp³-hybridized carbons (Fsp3) is 0.812. The second kappa shape index (κ2) is 32.8. The Morgan fingerprint density at radius 3 is 1.68 bits per heavy atom. The van der Waals surface area contributed by atoms with Crippen molar-refractivity contribution in [3.8, 4) is 0 Å². The van der Waals surface area contributed by atoms with Gasteiger partial charge in [-0.15, -0.1) is 0 Å². The second-order valence-corrected chi connectivity index (χ2v) is 10.8. The van der Waals surface area contributed by atoms with Crippen LogP contribution in [0.1, 0.15) is 89.9 Å². The lowest BCUT2D eigenvalue weighted by molar-refractivity contribution is -0.145. The average molecular weight is 676 g/mol. The number of carbonyl (C=O) groups excluding carboxylic acids is 5. The number of methoxy groups -OCH3 is 1. The fourth-order valence-corrected chi connectivity index (χ4v) is 4.31. The predicted octanol–water partition coefficient (Wildman–Crippen LogP) is 1.69. The van der Waals surface area contributed by atoms with Gasteiger partial charge in [0.05, 0.1) is 46.8 Å². The number of hydrogen-bond donors (Lipinski definition) is 4. The van der Waals surface area contributed by atoms with Crippen molar-refractivity contribution in [3.63, 3.8) is 0 Å². The Bertz CT molecular complexity index is 859. The average Bonchev–Trinajstić information content (AvgIpc) is 3.05. The maximum absolute atomic E-state index is 12.4. The van der Waals surface area contributed by atoms with Gasteiger partial charge >= 0.3 is 11.9 Å². The van der Waals surface area contributed by atoms with Gasteiger partial charge in [0.25, 0.3) is 0 Å². The zero-order valence-corrected chi connectivity index (χ0v) is 28.1. The molecule has 4 N–H and O–H groups in total. The molecule has 0 fully saturated rings. The molecule has 15 nitrogen and oxygen atoms in total. The van der Waals surface area contributed by atoms with Crippen molar-refractivity contribution >= 4 is 35.9 Å². The first-order chi connectivity index (χ1) is 22.8. The topological polar surface area (TPSA) is 205 Å². The first-order valence-corrected chi connectivity index (χ1v) is 16.7. The summed E-state index contributed by atoms with van der Waals surface area (Å²) in [6.07, 6.45) is 11.2. The zero-order valence-electron chi connectivity index (χ0n) is 28.1. The highest BCUT2D eigenvalue weighted by Crippen LogP contribution is 2.12. The monoisotopic (exact) mass is 675 g/mol. The molecule has 0 aliphatic rings. The van der Waals surface area contributed by atoms with Crippen LogP contribution >= 0.6 is 0 Å². The molecule has 15 heteroatoms. The summed E-state index contributed by atoms with van der Waals surface area (Å²) < 4.78 is 25.6. The molecule has 0 aromatic heterocycles. The number of amides is 3. The molecule has 0 heterocycles. The van der Waals surface area contributed by atoms with Gasteiger partial charge in [0.1, 0.15) is 25.5 Å². The Kier molecular flexibility index (Phi) is 30.6. The van der Waals surface area contributed by atoms with Gasteiger partial charge in [-0.05, 0) is 19.3 Å². The number of rotatable bonds is 34. The van der Waals surface area contributed by atoms with E-state index in [-0.39, 0.29) is 76.6 Å². The number of aliphatic carboxylic acids is 1. The smallest absolute Gasteiger partial charge is 0.328 e. The summed E-state index contributed by atoms with van der Waals surface area (Å²) in [5, 5.41) is 16.6. The summed E-state index contributed by atoms with van der Waals surface area (Å²) in [4.78, 5) is 69.0. The van der Waals surface area contributed by atoms with Crippen molar-refractivity contribution in [2.24, 2.45) is 0 Å². The van der Waals surface area contributed by atoms with Crippen LogP contribution < -0.4 is 16.0 Å². The zero-order chi connectivity index (χ0) is 34.8. The van der Waals surface area contributed by atoms with Gasteiger partial charge in [-0.3, -0.25) is 19.2 Å². The van der Waals surface area contributed by atoms with E-state index in [4.69, 9.17) is 28.8 Å². The third-order valence-electron chi connectivity index (χ3n) is 6.83. The molecule has 47 heavy (non-hydrogen) atoms. The SMILES string of the molecule is COC(=O)[C@H](CCC(=O)NCCOCCOCC(=O)NCCOCCOCC=O)NC(=O)CCCCCCCCCCCCC(=O)O. The normalized spacial score (nSPS) is 11.4. The summed E-state index contributed by atoms with van der Waals surface area (Å²) in [6, 6.07) is -0.902. The standard InChI is InChI=1S/C32H57N3O12/c1-43-32(42)27(35-29(38)12-10-8-6-4-2-3-5-7-9-11-13-31(40)41)14-15-28(37)33-16-19-45-24-25-47-26-30(39)34-17-20-44-22-23-46-21-18-36/h18,27H,2-17,19-26H2,1H3,(H,33,37)(H,34,39)(H,35,38)(H,40,41)/t27-/m0/s1. The number of carboxylic acids is 1. The third-order valence-corrected chi connectivity index (χ3v) is 6.83. The minimum atomic E-state index is -0.902. The minimum Gasteiger partial charge on any atom is -0.481 e. The Hall–Kier alpha value is -3.14. The number of nitrogens with one attached hydrogen (secondary N) is 3. The second-order valence-electron chi connectivity index (χ2n) is 10.8. The van der Waals surface area contributed by atoms with E-state index in [1.165, 1.54) is 7.11 Å². The summed E-state index contributed by atoms with van der Waals surface area (Å²) in [5.41, 5.74) is 0. The van der Waals surface area contributed by atoms with Crippen LogP contribution in [0.3, 0.4) is 0 Å². The van der Waals surface area contributed by atoms with Crippen molar-refractivity contribution in [2.45, 2.75) is 95.9 Å². The highest BCUT2D eigenvalue weighted by molar-refractivity contribution is 5.85. The number of unbranched alkanes of at least 4 members (excludes halogenated alkanes) is 9. The van der Waals surface area contributed by atoms with Crippen LogP contribution in [0, 0.1) is 0 Å². The van der Waals surface area contributed by atoms with Crippen LogP contribution in [0.25, 0.3) is 0 Å². The van der Waals surface area contributed by atoms with Crippen LogP contribution in [0.15, 0.2) is 0 Å². The lowest BCUT2D eigenvalue weighted by Gasteiger charge is -2.16. The van der Waals surface area contributed by atoms with E-state index in [0.29, 0.717) is 45.5 Å². The van der Waals surface area contributed by atoms with Gasteiger partial charge in [-0.1, -0.05) is 51.4 Å². The Morgan fingerprint density at radius 2 is 1.13 bits per heavy atom. The van der Waals surface area contributed by atoms with E-state index in [9.17, 15) is 28.8 Å². The Morgan fingerprint density at radius 1 is 0.617 bits per heavy atom. The fourth-order valence-electron chi connectivity index (χ4n) is 4.31. The van der Waals surface area contributed by atoms with Gasteiger partial charge in [0, 0.05) is 32.4 Å². The number of carboxylic acid groups (broad SMARTS) is 1. The molecule has 0 rings (SSSR count). The van der Waals surface area contributed by atoms with Crippen LogP contribution in [0.5, 0.6) is 0 Å². The Balaban J connectivity index is 3.80. The number of aldehydes is 1. The van der Waals surface area contributed by atoms with Gasteiger partial charge in [-0.25, -0.2) is 4.79 Å². The van der Waals surface area contributed by atoms with E-state index in [1.54, 1.807) is 0 Å². The maximum Gasteiger partial charge on any atom is 0.328 e. The molecule has 1 atom stereocenters. The molecule has 272 valence electrons. The highest BCUT2D eigenvalue weighted by atomic mass is 16.5. The largest absolute Gasteiger partial charge is 0.481 e. The van der Waals surface area contributed by atoms with Gasteiger partial charge in [-0.2, -0.15) is 0 Å². The highest BCUT2D eigenvalue weighted by Gasteiger charge is 2.22. The maximum atomic E-state index is 12.4. The molecule has 0 aliphatic carbocycles. The van der Waals surface area contributed by atoms with Crippen LogP contribution in [-0.4, -0.2) is 120 Å². The first-order valence-electron chi connectivity index (χ1n) is 16.7. The number of hydrogen-bond acceptors (Lipinski definition) is 11. The summed E-state index contributed by atoms with van der Waals surface area (Å²) >= 11 is 0. The molecule has 0 saturated carbocycles. The van der Waals surface area contributed by atoms with E-state index >= 15 is 0 Å². The van der Waals surface area contributed by atoms with Crippen molar-refractivity contribution < 1.29 is 57.6 Å².